The van der Waals surface area contributed by atoms with E-state index in [4.69, 9.17) is 4.74 Å². The number of nitrogens with one attached hydrogen (secondary N) is 1. The summed E-state index contributed by atoms with van der Waals surface area (Å²) in [4.78, 5) is 32.3. The quantitative estimate of drug-likeness (QED) is 0.602. The molecule has 1 aromatic heterocycles. The number of fused-ring (bicyclic) bond motifs is 1. The number of nitrogens with zero attached hydrogens (tertiary/aromatic N) is 3. The normalized spacial score (nSPS) is 11.2. The minimum Gasteiger partial charge on any atom is -0.497 e. The van der Waals surface area contributed by atoms with Crippen LogP contribution in [0.4, 0.5) is 0 Å². The fraction of sp³-hybridized carbons (Fsp3) is 0.375. The monoisotopic (exact) mass is 422 g/mol. The maximum atomic E-state index is 13.1. The van der Waals surface area contributed by atoms with Crippen molar-refractivity contribution in [3.8, 4) is 5.75 Å². The SMILES string of the molecule is COc1cccc(C(=O)NCc2nc3ccccc3n2CC(=O)N(C(C)C)C(C)C)c1. The Labute approximate surface area is 183 Å². The molecular weight excluding hydrogens is 392 g/mol. The molecule has 2 amide bonds. The van der Waals surface area contributed by atoms with E-state index in [0.29, 0.717) is 17.1 Å². The standard InChI is InChI=1S/C24H30N4O3/c1-16(2)28(17(3)4)23(29)15-27-21-12-7-6-11-20(21)26-22(27)14-25-24(30)18-9-8-10-19(13-18)31-5/h6-13,16-17H,14-15H2,1-5H3,(H,25,30). The third-order valence-electron chi connectivity index (χ3n) is 5.17. The molecule has 7 nitrogen and oxygen atoms in total. The van der Waals surface area contributed by atoms with Crippen LogP contribution in [0.25, 0.3) is 11.0 Å². The fourth-order valence-electron chi connectivity index (χ4n) is 3.85. The number of ether oxygens (including phenoxy) is 1. The van der Waals surface area contributed by atoms with Gasteiger partial charge in [0.1, 0.15) is 18.1 Å². The molecule has 0 radical (unpaired) electrons. The Kier molecular flexibility index (Phi) is 6.95. The van der Waals surface area contributed by atoms with Crippen LogP contribution in [0.3, 0.4) is 0 Å². The van der Waals surface area contributed by atoms with E-state index < -0.39 is 0 Å². The van der Waals surface area contributed by atoms with Gasteiger partial charge >= 0.3 is 0 Å². The molecular formula is C24H30N4O3. The smallest absolute Gasteiger partial charge is 0.251 e. The summed E-state index contributed by atoms with van der Waals surface area (Å²) in [7, 11) is 1.56. The predicted octanol–water partition coefficient (Wildman–Crippen LogP) is 3.62. The van der Waals surface area contributed by atoms with Gasteiger partial charge < -0.3 is 19.5 Å². The first kappa shape index (κ1) is 22.3. The maximum Gasteiger partial charge on any atom is 0.251 e. The lowest BCUT2D eigenvalue weighted by atomic mass is 10.2. The molecule has 164 valence electrons. The molecule has 0 spiro atoms. The molecule has 7 heteroatoms. The lowest BCUT2D eigenvalue weighted by Gasteiger charge is -2.31. The van der Waals surface area contributed by atoms with Gasteiger partial charge in [0.15, 0.2) is 0 Å². The summed E-state index contributed by atoms with van der Waals surface area (Å²) in [5.74, 6) is 1.05. The van der Waals surface area contributed by atoms with Crippen LogP contribution < -0.4 is 10.1 Å². The Morgan fingerprint density at radius 1 is 1.06 bits per heavy atom. The topological polar surface area (TPSA) is 76.5 Å². The Hall–Kier alpha value is -3.35. The van der Waals surface area contributed by atoms with Gasteiger partial charge in [0.05, 0.1) is 24.7 Å². The van der Waals surface area contributed by atoms with E-state index in [-0.39, 0.29) is 37.0 Å². The summed E-state index contributed by atoms with van der Waals surface area (Å²) in [6, 6.07) is 14.9. The molecule has 0 aliphatic carbocycles. The highest BCUT2D eigenvalue weighted by Gasteiger charge is 2.22. The number of imidazole rings is 1. The Balaban J connectivity index is 1.85. The van der Waals surface area contributed by atoms with Crippen LogP contribution in [0.5, 0.6) is 5.75 Å². The van der Waals surface area contributed by atoms with Crippen LogP contribution in [0.1, 0.15) is 43.9 Å². The molecule has 0 atom stereocenters. The van der Waals surface area contributed by atoms with Crippen molar-refractivity contribution in [2.45, 2.75) is 52.9 Å². The van der Waals surface area contributed by atoms with Gasteiger partial charge in [-0.15, -0.1) is 0 Å². The average molecular weight is 423 g/mol. The molecule has 0 aliphatic rings. The highest BCUT2D eigenvalue weighted by atomic mass is 16.5. The number of aromatic nitrogens is 2. The zero-order valence-corrected chi connectivity index (χ0v) is 18.8. The molecule has 1 heterocycles. The van der Waals surface area contributed by atoms with Crippen molar-refractivity contribution < 1.29 is 14.3 Å². The number of benzene rings is 2. The molecule has 31 heavy (non-hydrogen) atoms. The molecule has 2 aromatic carbocycles. The number of carbonyl (C=O) groups excluding carboxylic acids is 2. The van der Waals surface area contributed by atoms with Crippen molar-refractivity contribution in [2.75, 3.05) is 7.11 Å². The van der Waals surface area contributed by atoms with Crippen molar-refractivity contribution in [3.63, 3.8) is 0 Å². The Morgan fingerprint density at radius 3 is 2.45 bits per heavy atom. The highest BCUT2D eigenvalue weighted by molar-refractivity contribution is 5.94. The van der Waals surface area contributed by atoms with E-state index in [0.717, 1.165) is 11.0 Å². The maximum absolute atomic E-state index is 13.1. The molecule has 0 bridgehead atoms. The van der Waals surface area contributed by atoms with E-state index in [9.17, 15) is 9.59 Å². The number of rotatable bonds is 8. The van der Waals surface area contributed by atoms with Gasteiger partial charge in [-0.2, -0.15) is 0 Å². The van der Waals surface area contributed by atoms with Crippen molar-refractivity contribution in [1.29, 1.82) is 0 Å². The molecule has 0 saturated carbocycles. The second-order valence-electron chi connectivity index (χ2n) is 8.01. The van der Waals surface area contributed by atoms with Crippen LogP contribution in [-0.2, 0) is 17.9 Å². The summed E-state index contributed by atoms with van der Waals surface area (Å²) >= 11 is 0. The first-order valence-corrected chi connectivity index (χ1v) is 10.5. The number of para-hydroxylation sites is 2. The van der Waals surface area contributed by atoms with Gasteiger partial charge in [-0.1, -0.05) is 18.2 Å². The van der Waals surface area contributed by atoms with Gasteiger partial charge in [0.25, 0.3) is 5.91 Å². The van der Waals surface area contributed by atoms with Crippen LogP contribution >= 0.6 is 0 Å². The third-order valence-corrected chi connectivity index (χ3v) is 5.17. The fourth-order valence-corrected chi connectivity index (χ4v) is 3.85. The van der Waals surface area contributed by atoms with E-state index in [1.807, 2.05) is 61.4 Å². The zero-order chi connectivity index (χ0) is 22.5. The predicted molar refractivity (Wildman–Crippen MR) is 121 cm³/mol. The second kappa shape index (κ2) is 9.64. The first-order chi connectivity index (χ1) is 14.8. The van der Waals surface area contributed by atoms with Crippen molar-refractivity contribution in [3.05, 3.63) is 59.9 Å². The number of hydrogen-bond donors (Lipinski definition) is 1. The van der Waals surface area contributed by atoms with Gasteiger partial charge in [-0.3, -0.25) is 9.59 Å². The van der Waals surface area contributed by atoms with E-state index in [1.165, 1.54) is 0 Å². The largest absolute Gasteiger partial charge is 0.497 e. The highest BCUT2D eigenvalue weighted by Crippen LogP contribution is 2.18. The second-order valence-corrected chi connectivity index (χ2v) is 8.01. The minimum atomic E-state index is -0.227. The van der Waals surface area contributed by atoms with E-state index >= 15 is 0 Å². The number of amides is 2. The van der Waals surface area contributed by atoms with Crippen molar-refractivity contribution >= 4 is 22.8 Å². The van der Waals surface area contributed by atoms with Crippen molar-refractivity contribution in [1.82, 2.24) is 19.8 Å². The summed E-state index contributed by atoms with van der Waals surface area (Å²) in [6.07, 6.45) is 0. The summed E-state index contributed by atoms with van der Waals surface area (Å²) < 4.78 is 7.08. The van der Waals surface area contributed by atoms with Crippen molar-refractivity contribution in [2.24, 2.45) is 0 Å². The Bertz CT molecular complexity index is 1060. The Morgan fingerprint density at radius 2 is 1.77 bits per heavy atom. The third kappa shape index (κ3) is 5.05. The molecule has 1 N–H and O–H groups in total. The minimum absolute atomic E-state index is 0.0218. The molecule has 0 unspecified atom stereocenters. The summed E-state index contributed by atoms with van der Waals surface area (Å²) in [6.45, 7) is 8.43. The van der Waals surface area contributed by atoms with Gasteiger partial charge in [-0.25, -0.2) is 4.98 Å². The zero-order valence-electron chi connectivity index (χ0n) is 18.8. The molecule has 3 rings (SSSR count). The van der Waals surface area contributed by atoms with E-state index in [1.54, 1.807) is 31.4 Å². The molecule has 0 aliphatic heterocycles. The van der Waals surface area contributed by atoms with Gasteiger partial charge in [-0.05, 0) is 58.0 Å². The van der Waals surface area contributed by atoms with Crippen LogP contribution in [-0.4, -0.2) is 45.5 Å². The summed E-state index contributed by atoms with van der Waals surface area (Å²) in [5, 5.41) is 2.91. The van der Waals surface area contributed by atoms with E-state index in [2.05, 4.69) is 10.3 Å². The van der Waals surface area contributed by atoms with Gasteiger partial charge in [0, 0.05) is 17.6 Å². The number of carbonyl (C=O) groups is 2. The molecule has 0 saturated heterocycles. The average Bonchev–Trinajstić information content (AvgIpc) is 3.08. The summed E-state index contributed by atoms with van der Waals surface area (Å²) in [5.41, 5.74) is 2.17. The lowest BCUT2D eigenvalue weighted by Crippen LogP contribution is -2.44. The van der Waals surface area contributed by atoms with Gasteiger partial charge in [0.2, 0.25) is 5.91 Å². The number of methoxy groups -OCH3 is 1. The van der Waals surface area contributed by atoms with Crippen LogP contribution in [0.15, 0.2) is 48.5 Å². The van der Waals surface area contributed by atoms with Crippen LogP contribution in [0.2, 0.25) is 0 Å². The number of hydrogen-bond acceptors (Lipinski definition) is 4. The first-order valence-electron chi connectivity index (χ1n) is 10.5. The van der Waals surface area contributed by atoms with Crippen LogP contribution in [0, 0.1) is 0 Å². The molecule has 0 fully saturated rings. The molecule has 3 aromatic rings. The lowest BCUT2D eigenvalue weighted by molar-refractivity contribution is -0.135.